The van der Waals surface area contributed by atoms with Crippen LogP contribution in [0.5, 0.6) is 0 Å². The first kappa shape index (κ1) is 15.9. The zero-order valence-electron chi connectivity index (χ0n) is 12.7. The molecule has 1 aromatic heterocycles. The van der Waals surface area contributed by atoms with Gasteiger partial charge in [-0.15, -0.1) is 0 Å². The average Bonchev–Trinajstić information content (AvgIpc) is 2.55. The summed E-state index contributed by atoms with van der Waals surface area (Å²) in [5, 5.41) is 1.26. The summed E-state index contributed by atoms with van der Waals surface area (Å²) in [6.07, 6.45) is 6.01. The van der Waals surface area contributed by atoms with E-state index >= 15 is 0 Å². The fourth-order valence-corrected chi connectivity index (χ4v) is 4.65. The molecule has 2 aliphatic rings. The van der Waals surface area contributed by atoms with Gasteiger partial charge in [0.1, 0.15) is 5.15 Å². The van der Waals surface area contributed by atoms with Crippen molar-refractivity contribution in [2.24, 2.45) is 0 Å². The molecule has 23 heavy (non-hydrogen) atoms. The van der Waals surface area contributed by atoms with Crippen LogP contribution < -0.4 is 0 Å². The predicted octanol–water partition coefficient (Wildman–Crippen LogP) is 4.92. The Hall–Kier alpha value is -0.620. The van der Waals surface area contributed by atoms with Crippen molar-refractivity contribution in [3.05, 3.63) is 50.2 Å². The molecule has 1 atom stereocenters. The molecule has 3 nitrogen and oxygen atoms in total. The lowest BCUT2D eigenvalue weighted by Gasteiger charge is -2.42. The number of aromatic nitrogens is 2. The van der Waals surface area contributed by atoms with Gasteiger partial charge < -0.3 is 4.74 Å². The van der Waals surface area contributed by atoms with Crippen LogP contribution in [0.3, 0.4) is 0 Å². The highest BCUT2D eigenvalue weighted by Gasteiger charge is 2.42. The summed E-state index contributed by atoms with van der Waals surface area (Å²) in [7, 11) is 0. The van der Waals surface area contributed by atoms with Gasteiger partial charge in [-0.25, -0.2) is 9.97 Å². The van der Waals surface area contributed by atoms with Crippen molar-refractivity contribution in [2.45, 2.75) is 43.0 Å². The zero-order chi connectivity index (χ0) is 16.0. The molecule has 0 N–H and O–H groups in total. The highest BCUT2D eigenvalue weighted by Crippen LogP contribution is 2.46. The number of rotatable bonds is 1. The van der Waals surface area contributed by atoms with Gasteiger partial charge >= 0.3 is 0 Å². The molecule has 0 saturated heterocycles. The van der Waals surface area contributed by atoms with Gasteiger partial charge in [0, 0.05) is 16.5 Å². The Kier molecular flexibility index (Phi) is 4.16. The summed E-state index contributed by atoms with van der Waals surface area (Å²) in [5.41, 5.74) is 4.38. The Morgan fingerprint density at radius 3 is 3.04 bits per heavy atom. The van der Waals surface area contributed by atoms with Crippen LogP contribution in [0.25, 0.3) is 0 Å². The van der Waals surface area contributed by atoms with Gasteiger partial charge in [0.15, 0.2) is 5.16 Å². The number of aryl methyl sites for hydroxylation is 1. The van der Waals surface area contributed by atoms with Gasteiger partial charge in [0.05, 0.1) is 17.9 Å². The van der Waals surface area contributed by atoms with Crippen LogP contribution >= 0.6 is 39.3 Å². The van der Waals surface area contributed by atoms with Crippen molar-refractivity contribution in [1.29, 1.82) is 0 Å². The van der Waals surface area contributed by atoms with Gasteiger partial charge in [0.25, 0.3) is 0 Å². The molecule has 1 spiro atoms. The summed E-state index contributed by atoms with van der Waals surface area (Å²) in [6, 6.07) is 6.52. The lowest BCUT2D eigenvalue weighted by Crippen LogP contribution is -2.39. The van der Waals surface area contributed by atoms with Crippen LogP contribution in [0.1, 0.15) is 35.2 Å². The molecule has 1 aromatic carbocycles. The predicted molar refractivity (Wildman–Crippen MR) is 96.1 cm³/mol. The highest BCUT2D eigenvalue weighted by atomic mass is 79.9. The van der Waals surface area contributed by atoms with E-state index in [1.54, 1.807) is 0 Å². The zero-order valence-corrected chi connectivity index (χ0v) is 15.9. The first-order chi connectivity index (χ1) is 11.1. The van der Waals surface area contributed by atoms with Gasteiger partial charge in [-0.05, 0) is 48.8 Å². The Balaban J connectivity index is 1.82. The van der Waals surface area contributed by atoms with Gasteiger partial charge in [-0.2, -0.15) is 0 Å². The smallest absolute Gasteiger partial charge is 0.188 e. The van der Waals surface area contributed by atoms with E-state index in [-0.39, 0.29) is 5.60 Å². The van der Waals surface area contributed by atoms with Crippen LogP contribution in [0.15, 0.2) is 27.8 Å². The van der Waals surface area contributed by atoms with Crippen LogP contribution in [-0.2, 0) is 29.8 Å². The maximum absolute atomic E-state index is 6.38. The minimum absolute atomic E-state index is 0.280. The monoisotopic (exact) mass is 410 g/mol. The third kappa shape index (κ3) is 2.72. The second-order valence-electron chi connectivity index (χ2n) is 6.04. The topological polar surface area (TPSA) is 35.0 Å². The maximum atomic E-state index is 6.38. The molecule has 4 rings (SSSR count). The summed E-state index contributed by atoms with van der Waals surface area (Å²) < 4.78 is 7.47. The van der Waals surface area contributed by atoms with E-state index < -0.39 is 0 Å². The summed E-state index contributed by atoms with van der Waals surface area (Å²) in [4.78, 5) is 9.04. The van der Waals surface area contributed by atoms with E-state index in [4.69, 9.17) is 21.3 Å². The molecule has 2 heterocycles. The molecule has 0 bridgehead atoms. The molecule has 0 fully saturated rings. The minimum atomic E-state index is -0.280. The fraction of sp³-hybridized carbons (Fsp3) is 0.412. The van der Waals surface area contributed by atoms with Crippen LogP contribution in [0, 0.1) is 0 Å². The second kappa shape index (κ2) is 6.03. The number of hydrogen-bond acceptors (Lipinski definition) is 4. The molecule has 1 unspecified atom stereocenters. The van der Waals surface area contributed by atoms with Crippen molar-refractivity contribution in [2.75, 3.05) is 6.26 Å². The number of hydrogen-bond donors (Lipinski definition) is 0. The van der Waals surface area contributed by atoms with E-state index in [0.717, 1.165) is 46.6 Å². The largest absolute Gasteiger partial charge is 0.365 e. The van der Waals surface area contributed by atoms with Crippen molar-refractivity contribution in [3.8, 4) is 0 Å². The molecule has 1 aliphatic heterocycles. The number of thioether (sulfide) groups is 1. The Morgan fingerprint density at radius 1 is 1.35 bits per heavy atom. The first-order valence-corrected chi connectivity index (χ1v) is 10.0. The lowest BCUT2D eigenvalue weighted by atomic mass is 9.75. The number of benzene rings is 1. The summed E-state index contributed by atoms with van der Waals surface area (Å²) in [6.45, 7) is 0.481. The van der Waals surface area contributed by atoms with E-state index in [1.807, 2.05) is 6.26 Å². The Labute approximate surface area is 153 Å². The summed E-state index contributed by atoms with van der Waals surface area (Å²) in [5.74, 6) is 0. The van der Waals surface area contributed by atoms with E-state index in [9.17, 15) is 0 Å². The molecule has 120 valence electrons. The van der Waals surface area contributed by atoms with Crippen molar-refractivity contribution < 1.29 is 4.74 Å². The molecular weight excluding hydrogens is 396 g/mol. The van der Waals surface area contributed by atoms with Crippen LogP contribution in [0.2, 0.25) is 5.15 Å². The van der Waals surface area contributed by atoms with Gasteiger partial charge in [0.2, 0.25) is 0 Å². The number of nitrogens with zero attached hydrogens (tertiary/aromatic N) is 2. The molecule has 6 heteroatoms. The molecule has 0 radical (unpaired) electrons. The van der Waals surface area contributed by atoms with E-state index in [0.29, 0.717) is 11.8 Å². The first-order valence-electron chi connectivity index (χ1n) is 7.63. The molecular formula is C17H16BrClN2OS. The van der Waals surface area contributed by atoms with Crippen LogP contribution in [0.4, 0.5) is 0 Å². The molecule has 2 aromatic rings. The number of fused-ring (bicyclic) bond motifs is 3. The lowest BCUT2D eigenvalue weighted by molar-refractivity contribution is -0.0858. The number of halogens is 2. The van der Waals surface area contributed by atoms with E-state index in [1.165, 1.54) is 22.9 Å². The van der Waals surface area contributed by atoms with Gasteiger partial charge in [-0.3, -0.25) is 0 Å². The third-order valence-electron chi connectivity index (χ3n) is 4.74. The highest BCUT2D eigenvalue weighted by molar-refractivity contribution is 9.10. The quantitative estimate of drug-likeness (QED) is 0.379. The Morgan fingerprint density at radius 2 is 2.22 bits per heavy atom. The molecule has 0 saturated carbocycles. The van der Waals surface area contributed by atoms with Crippen molar-refractivity contribution in [1.82, 2.24) is 9.97 Å². The molecule has 1 aliphatic carbocycles. The normalized spacial score (nSPS) is 22.7. The van der Waals surface area contributed by atoms with E-state index in [2.05, 4.69) is 39.1 Å². The summed E-state index contributed by atoms with van der Waals surface area (Å²) >= 11 is 11.5. The standard InChI is InChI=1S/C17H16BrClN2OS/c1-23-16-20-14-8-17(22-9-12(14)15(19)21-16)6-2-3-10-4-5-11(18)7-13(10)17/h4-5,7H,2-3,6,8-9H2,1H3. The van der Waals surface area contributed by atoms with Gasteiger partial charge in [-0.1, -0.05) is 45.4 Å². The average molecular weight is 412 g/mol. The van der Waals surface area contributed by atoms with Crippen molar-refractivity contribution in [3.63, 3.8) is 0 Å². The minimum Gasteiger partial charge on any atom is -0.365 e. The second-order valence-corrected chi connectivity index (χ2v) is 8.09. The Bertz CT molecular complexity index is 785. The number of ether oxygens (including phenoxy) is 1. The maximum Gasteiger partial charge on any atom is 0.188 e. The van der Waals surface area contributed by atoms with Crippen molar-refractivity contribution >= 4 is 39.3 Å². The molecule has 0 amide bonds. The van der Waals surface area contributed by atoms with Crippen LogP contribution in [-0.4, -0.2) is 16.2 Å². The SMILES string of the molecule is CSc1nc(Cl)c2c(n1)CC1(CCCc3ccc(Br)cc31)OC2. The third-order valence-corrected chi connectivity index (χ3v) is 6.09. The fourth-order valence-electron chi connectivity index (χ4n) is 3.61.